The summed E-state index contributed by atoms with van der Waals surface area (Å²) in [6, 6.07) is 0. The summed E-state index contributed by atoms with van der Waals surface area (Å²) in [5.41, 5.74) is 0. The minimum atomic E-state index is 0. The molecule has 2 nitrogen and oxygen atoms in total. The van der Waals surface area contributed by atoms with Gasteiger partial charge in [0.25, 0.3) is 0 Å². The van der Waals surface area contributed by atoms with E-state index in [0.29, 0.717) is 8.64 Å². The topological polar surface area (TPSA) is 6.48 Å². The summed E-state index contributed by atoms with van der Waals surface area (Å²) >= 11 is 18.6. The molecule has 0 radical (unpaired) electrons. The number of hydrogen-bond donors (Lipinski definition) is 0. The average molecular weight is 429 g/mol. The van der Waals surface area contributed by atoms with Crippen molar-refractivity contribution in [1.82, 2.24) is 9.80 Å². The largest absolute Gasteiger partial charge is 6.00 e. The Hall–Kier alpha value is 1.61. The van der Waals surface area contributed by atoms with E-state index in [1.54, 1.807) is 0 Å². The first kappa shape index (κ1) is 31.2. The molecule has 0 heterocycles. The molecule has 0 fully saturated rings. The Morgan fingerprint density at radius 1 is 0.882 bits per heavy atom. The summed E-state index contributed by atoms with van der Waals surface area (Å²) in [4.78, 5) is 3.68. The van der Waals surface area contributed by atoms with Gasteiger partial charge >= 0.3 is 21.1 Å². The van der Waals surface area contributed by atoms with Crippen LogP contribution in [0.25, 0.3) is 0 Å². The molecular formula is C8H16MoN2S6. The van der Waals surface area contributed by atoms with Crippen molar-refractivity contribution in [2.24, 2.45) is 0 Å². The maximum absolute atomic E-state index is 4.66. The van der Waals surface area contributed by atoms with Crippen molar-refractivity contribution in [1.29, 1.82) is 0 Å². The molecule has 0 aliphatic rings. The van der Waals surface area contributed by atoms with Crippen LogP contribution in [0.4, 0.5) is 0 Å². The van der Waals surface area contributed by atoms with E-state index < -0.39 is 0 Å². The van der Waals surface area contributed by atoms with Gasteiger partial charge in [0.1, 0.15) is 0 Å². The van der Waals surface area contributed by atoms with Crippen molar-refractivity contribution in [2.45, 2.75) is 13.8 Å². The molecule has 0 spiro atoms. The molecule has 0 N–H and O–H groups in total. The zero-order chi connectivity index (χ0) is 11.7. The van der Waals surface area contributed by atoms with Crippen molar-refractivity contribution >= 4 is 85.3 Å². The van der Waals surface area contributed by atoms with E-state index in [9.17, 15) is 0 Å². The van der Waals surface area contributed by atoms with Gasteiger partial charge in [-0.05, 0) is 13.8 Å². The van der Waals surface area contributed by atoms with Gasteiger partial charge in [0.15, 0.2) is 0 Å². The van der Waals surface area contributed by atoms with Gasteiger partial charge in [-0.1, -0.05) is 8.64 Å². The van der Waals surface area contributed by atoms with Gasteiger partial charge < -0.3 is 86.5 Å². The number of thiocarbonyl (C=S) groups is 2. The fourth-order valence-electron chi connectivity index (χ4n) is 0.258. The molecular weight excluding hydrogens is 412 g/mol. The van der Waals surface area contributed by atoms with Crippen LogP contribution >= 0.6 is 24.4 Å². The number of hydrogen-bond acceptors (Lipinski definition) is 4. The first-order chi connectivity index (χ1) is 6.36. The third-order valence-electron chi connectivity index (χ3n) is 1.57. The second kappa shape index (κ2) is 19.9. The molecule has 9 heteroatoms. The molecule has 0 aliphatic carbocycles. The summed E-state index contributed by atoms with van der Waals surface area (Å²) in [5, 5.41) is 0. The minimum absolute atomic E-state index is 0. The van der Waals surface area contributed by atoms with Crippen molar-refractivity contribution in [3.8, 4) is 0 Å². The fraction of sp³-hybridized carbons (Fsp3) is 0.750. The Bertz CT molecular complexity index is 173. The summed E-state index contributed by atoms with van der Waals surface area (Å²) < 4.78 is 1.09. The van der Waals surface area contributed by atoms with Crippen LogP contribution in [0.3, 0.4) is 0 Å². The Morgan fingerprint density at radius 2 is 1.06 bits per heavy atom. The molecule has 0 unspecified atom stereocenters. The van der Waals surface area contributed by atoms with Crippen molar-refractivity contribution in [3.05, 3.63) is 0 Å². The Labute approximate surface area is 156 Å². The monoisotopic (exact) mass is 430 g/mol. The van der Waals surface area contributed by atoms with Gasteiger partial charge in [-0.25, -0.2) is 0 Å². The predicted octanol–water partition coefficient (Wildman–Crippen LogP) is 1.53. The third kappa shape index (κ3) is 23.2. The smallest absolute Gasteiger partial charge is 2.00 e. The van der Waals surface area contributed by atoms with E-state index in [1.165, 1.54) is 0 Å². The second-order valence-electron chi connectivity index (χ2n) is 2.56. The summed E-state index contributed by atoms with van der Waals surface area (Å²) in [6.45, 7) is 5.84. The van der Waals surface area contributed by atoms with Gasteiger partial charge in [0.2, 0.25) is 0 Å². The molecule has 0 saturated carbocycles. The summed E-state index contributed by atoms with van der Waals surface area (Å²) in [5.74, 6) is 0. The molecule has 100 valence electrons. The van der Waals surface area contributed by atoms with E-state index in [0.717, 1.165) is 13.1 Å². The maximum Gasteiger partial charge on any atom is 6.00 e. The molecule has 0 aromatic carbocycles. The van der Waals surface area contributed by atoms with Gasteiger partial charge in [0.05, 0.1) is 0 Å². The predicted molar refractivity (Wildman–Crippen MR) is 91.3 cm³/mol. The second-order valence-corrected chi connectivity index (χ2v) is 4.62. The van der Waals surface area contributed by atoms with Crippen LogP contribution in [0.5, 0.6) is 0 Å². The van der Waals surface area contributed by atoms with Crippen LogP contribution in [-0.2, 0) is 73.3 Å². The molecule has 0 bridgehead atoms. The van der Waals surface area contributed by atoms with E-state index in [-0.39, 0.29) is 48.1 Å². The van der Waals surface area contributed by atoms with E-state index in [1.807, 2.05) is 37.7 Å². The molecule has 0 atom stereocenters. The first-order valence-electron chi connectivity index (χ1n) is 4.20. The van der Waals surface area contributed by atoms with Crippen LogP contribution < -0.4 is 0 Å². The van der Waals surface area contributed by atoms with E-state index in [4.69, 9.17) is 0 Å². The normalized spacial score (nSPS) is 6.82. The van der Waals surface area contributed by atoms with Gasteiger partial charge in [-0.3, -0.25) is 0 Å². The van der Waals surface area contributed by atoms with Crippen molar-refractivity contribution < 1.29 is 21.1 Å². The first-order valence-corrected chi connectivity index (χ1v) is 5.84. The molecule has 0 saturated heterocycles. The fourth-order valence-corrected chi connectivity index (χ4v) is 0.775. The van der Waals surface area contributed by atoms with Crippen molar-refractivity contribution in [3.63, 3.8) is 0 Å². The molecule has 0 aliphatic heterocycles. The SMILES string of the molecule is CCN(C)C(=S)[S-].CCN(C)C(=S)[S-].[Mo+6].[S-2].[S-2]. The number of nitrogens with zero attached hydrogens (tertiary/aromatic N) is 2. The molecule has 0 aromatic rings. The Kier molecular flexibility index (Phi) is 36.5. The van der Waals surface area contributed by atoms with Gasteiger partial charge in [-0.15, -0.1) is 0 Å². The molecule has 0 aromatic heterocycles. The summed E-state index contributed by atoms with van der Waals surface area (Å²) in [7, 11) is 3.77. The molecule has 0 amide bonds. The third-order valence-corrected chi connectivity index (χ3v) is 2.82. The quantitative estimate of drug-likeness (QED) is 0.371. The Balaban J connectivity index is -0.0000000480. The Morgan fingerprint density at radius 3 is 1.06 bits per heavy atom. The van der Waals surface area contributed by atoms with Crippen LogP contribution in [-0.4, -0.2) is 45.6 Å². The standard InChI is InChI=1S/2C4H9NS2.Mo.2S/c2*1-3-5(2)4(6)7;;;/h2*3H2,1-2H3,(H,6,7);;;/q;;+6;2*-2/p-2. The van der Waals surface area contributed by atoms with Gasteiger partial charge in [-0.2, -0.15) is 0 Å². The average Bonchev–Trinajstić information content (AvgIpc) is 2.15. The van der Waals surface area contributed by atoms with Crippen molar-refractivity contribution in [2.75, 3.05) is 27.2 Å². The molecule has 17 heavy (non-hydrogen) atoms. The summed E-state index contributed by atoms with van der Waals surface area (Å²) in [6.07, 6.45) is 0. The van der Waals surface area contributed by atoms with Crippen LogP contribution in [0.1, 0.15) is 13.8 Å². The van der Waals surface area contributed by atoms with E-state index >= 15 is 0 Å². The van der Waals surface area contributed by atoms with Gasteiger partial charge in [0, 0.05) is 27.2 Å². The zero-order valence-electron chi connectivity index (χ0n) is 10.2. The van der Waals surface area contributed by atoms with E-state index in [2.05, 4.69) is 49.7 Å². The van der Waals surface area contributed by atoms with Crippen LogP contribution in [0.2, 0.25) is 0 Å². The van der Waals surface area contributed by atoms with Crippen LogP contribution in [0, 0.1) is 0 Å². The minimum Gasteiger partial charge on any atom is -2.00 e. The van der Waals surface area contributed by atoms with Crippen LogP contribution in [0.15, 0.2) is 0 Å². The zero-order valence-corrected chi connectivity index (χ0v) is 17.1. The molecule has 0 rings (SSSR count). The maximum atomic E-state index is 4.66. The number of rotatable bonds is 2.